The zero-order valence-corrected chi connectivity index (χ0v) is 8.45. The lowest BCUT2D eigenvalue weighted by molar-refractivity contribution is -0.688. The van der Waals surface area contributed by atoms with Crippen molar-refractivity contribution in [3.05, 3.63) is 43.0 Å². The summed E-state index contributed by atoms with van der Waals surface area (Å²) in [7, 11) is 0. The first-order chi connectivity index (χ1) is 6.08. The second-order valence-corrected chi connectivity index (χ2v) is 3.67. The Morgan fingerprint density at radius 1 is 1.31 bits per heavy atom. The minimum Gasteiger partial charge on any atom is -0.233 e. The Morgan fingerprint density at radius 3 is 2.54 bits per heavy atom. The van der Waals surface area contributed by atoms with Crippen LogP contribution in [0.3, 0.4) is 0 Å². The Hall–Kier alpha value is -1.31. The smallest absolute Gasteiger partial charge is 0.233 e. The standard InChI is InChI=1S/C11H17N2/c1-10(2)7-12-5-6-13(9-12)8-11(3)4/h5-6,9H,1,3,7-8H2,2,4H3/q+1. The van der Waals surface area contributed by atoms with E-state index in [-0.39, 0.29) is 0 Å². The van der Waals surface area contributed by atoms with Crippen LogP contribution >= 0.6 is 0 Å². The van der Waals surface area contributed by atoms with Gasteiger partial charge in [0.25, 0.3) is 0 Å². The monoisotopic (exact) mass is 177 g/mol. The van der Waals surface area contributed by atoms with Crippen LogP contribution in [0.2, 0.25) is 0 Å². The number of rotatable bonds is 4. The lowest BCUT2D eigenvalue weighted by atomic mass is 10.3. The van der Waals surface area contributed by atoms with Gasteiger partial charge in [-0.05, 0) is 25.0 Å². The van der Waals surface area contributed by atoms with Gasteiger partial charge in [-0.2, -0.15) is 0 Å². The molecule has 0 atom stereocenters. The highest BCUT2D eigenvalue weighted by molar-refractivity contribution is 4.89. The van der Waals surface area contributed by atoms with E-state index in [9.17, 15) is 0 Å². The average molecular weight is 177 g/mol. The molecule has 1 rings (SSSR count). The molecule has 1 heterocycles. The largest absolute Gasteiger partial charge is 0.244 e. The molecule has 0 radical (unpaired) electrons. The number of allylic oxidation sites excluding steroid dienone is 2. The van der Waals surface area contributed by atoms with Crippen LogP contribution in [0.1, 0.15) is 13.8 Å². The maximum absolute atomic E-state index is 3.87. The van der Waals surface area contributed by atoms with Gasteiger partial charge in [0, 0.05) is 0 Å². The molecule has 0 N–H and O–H groups in total. The topological polar surface area (TPSA) is 8.81 Å². The molecule has 0 saturated heterocycles. The molecular formula is C11H17N2+. The second kappa shape index (κ2) is 4.08. The molecule has 1 aromatic heterocycles. The Bertz CT molecular complexity index is 290. The Balaban J connectivity index is 2.63. The van der Waals surface area contributed by atoms with Crippen molar-refractivity contribution in [2.24, 2.45) is 0 Å². The van der Waals surface area contributed by atoms with E-state index in [2.05, 4.69) is 41.0 Å². The molecule has 0 aliphatic heterocycles. The quantitative estimate of drug-likeness (QED) is 0.491. The molecular weight excluding hydrogens is 160 g/mol. The Kier molecular flexibility index (Phi) is 3.07. The van der Waals surface area contributed by atoms with Gasteiger partial charge < -0.3 is 0 Å². The van der Waals surface area contributed by atoms with Crippen molar-refractivity contribution in [2.75, 3.05) is 0 Å². The van der Waals surface area contributed by atoms with E-state index in [0.29, 0.717) is 0 Å². The number of hydrogen-bond acceptors (Lipinski definition) is 0. The summed E-state index contributed by atoms with van der Waals surface area (Å²) in [4.78, 5) is 0. The lowest BCUT2D eigenvalue weighted by Gasteiger charge is -1.94. The fourth-order valence-corrected chi connectivity index (χ4v) is 1.25. The van der Waals surface area contributed by atoms with Gasteiger partial charge in [-0.3, -0.25) is 0 Å². The third-order valence-corrected chi connectivity index (χ3v) is 1.65. The SMILES string of the molecule is C=C(C)Cn1cc[n+](CC(=C)C)c1. The molecule has 70 valence electrons. The van der Waals surface area contributed by atoms with Crippen LogP contribution in [-0.2, 0) is 13.1 Å². The fraction of sp³-hybridized carbons (Fsp3) is 0.364. The summed E-state index contributed by atoms with van der Waals surface area (Å²) in [6.45, 7) is 13.6. The number of imidazole rings is 1. The van der Waals surface area contributed by atoms with Crippen molar-refractivity contribution in [1.82, 2.24) is 4.57 Å². The van der Waals surface area contributed by atoms with Gasteiger partial charge >= 0.3 is 0 Å². The molecule has 0 aliphatic rings. The highest BCUT2D eigenvalue weighted by atomic mass is 15.1. The van der Waals surface area contributed by atoms with E-state index in [0.717, 1.165) is 24.2 Å². The number of aromatic nitrogens is 2. The van der Waals surface area contributed by atoms with Gasteiger partial charge in [-0.1, -0.05) is 13.2 Å². The Labute approximate surface area is 79.8 Å². The first-order valence-electron chi connectivity index (χ1n) is 4.41. The first-order valence-corrected chi connectivity index (χ1v) is 4.41. The van der Waals surface area contributed by atoms with E-state index in [1.54, 1.807) is 0 Å². The normalized spacial score (nSPS) is 10.0. The van der Waals surface area contributed by atoms with Gasteiger partial charge in [0.1, 0.15) is 25.5 Å². The fourth-order valence-electron chi connectivity index (χ4n) is 1.25. The van der Waals surface area contributed by atoms with Crippen molar-refractivity contribution in [3.63, 3.8) is 0 Å². The van der Waals surface area contributed by atoms with Crippen molar-refractivity contribution in [3.8, 4) is 0 Å². The minimum absolute atomic E-state index is 0.892. The van der Waals surface area contributed by atoms with Crippen molar-refractivity contribution >= 4 is 0 Å². The molecule has 0 aromatic carbocycles. The van der Waals surface area contributed by atoms with Gasteiger partial charge in [-0.25, -0.2) is 9.13 Å². The molecule has 13 heavy (non-hydrogen) atoms. The van der Waals surface area contributed by atoms with Gasteiger partial charge in [-0.15, -0.1) is 0 Å². The molecule has 0 bridgehead atoms. The van der Waals surface area contributed by atoms with E-state index in [1.807, 2.05) is 13.8 Å². The van der Waals surface area contributed by atoms with Crippen molar-refractivity contribution < 1.29 is 4.57 Å². The molecule has 0 amide bonds. The molecule has 0 spiro atoms. The summed E-state index contributed by atoms with van der Waals surface area (Å²) in [5, 5.41) is 0. The number of hydrogen-bond donors (Lipinski definition) is 0. The second-order valence-electron chi connectivity index (χ2n) is 3.67. The summed E-state index contributed by atoms with van der Waals surface area (Å²) >= 11 is 0. The molecule has 1 aromatic rings. The van der Waals surface area contributed by atoms with Crippen molar-refractivity contribution in [2.45, 2.75) is 26.9 Å². The lowest BCUT2D eigenvalue weighted by Crippen LogP contribution is -2.31. The van der Waals surface area contributed by atoms with Gasteiger partial charge in [0.15, 0.2) is 0 Å². The molecule has 0 saturated carbocycles. The molecule has 2 heteroatoms. The van der Waals surface area contributed by atoms with E-state index < -0.39 is 0 Å². The average Bonchev–Trinajstić information content (AvgIpc) is 2.33. The highest BCUT2D eigenvalue weighted by Gasteiger charge is 2.02. The van der Waals surface area contributed by atoms with Crippen LogP contribution in [0.4, 0.5) is 0 Å². The summed E-state index contributed by atoms with van der Waals surface area (Å²) in [6.07, 6.45) is 6.18. The van der Waals surface area contributed by atoms with Crippen LogP contribution in [0.15, 0.2) is 43.0 Å². The summed E-state index contributed by atoms with van der Waals surface area (Å²) in [5.41, 5.74) is 2.33. The van der Waals surface area contributed by atoms with Gasteiger partial charge in [0.2, 0.25) is 6.33 Å². The van der Waals surface area contributed by atoms with Crippen LogP contribution in [0.5, 0.6) is 0 Å². The van der Waals surface area contributed by atoms with Crippen LogP contribution in [0, 0.1) is 0 Å². The molecule has 0 fully saturated rings. The maximum atomic E-state index is 3.87. The first kappa shape index (κ1) is 9.78. The summed E-state index contributed by atoms with van der Waals surface area (Å²) in [5.74, 6) is 0. The van der Waals surface area contributed by atoms with Crippen LogP contribution in [-0.4, -0.2) is 4.57 Å². The van der Waals surface area contributed by atoms with E-state index >= 15 is 0 Å². The van der Waals surface area contributed by atoms with E-state index in [4.69, 9.17) is 0 Å². The summed E-state index contributed by atoms with van der Waals surface area (Å²) < 4.78 is 4.23. The van der Waals surface area contributed by atoms with Crippen molar-refractivity contribution in [1.29, 1.82) is 0 Å². The van der Waals surface area contributed by atoms with Crippen LogP contribution in [0.25, 0.3) is 0 Å². The molecule has 2 nitrogen and oxygen atoms in total. The predicted molar refractivity (Wildman–Crippen MR) is 54.3 cm³/mol. The highest BCUT2D eigenvalue weighted by Crippen LogP contribution is 1.94. The van der Waals surface area contributed by atoms with E-state index in [1.165, 1.54) is 0 Å². The minimum atomic E-state index is 0.892. The third kappa shape index (κ3) is 3.28. The molecule has 0 unspecified atom stereocenters. The zero-order chi connectivity index (χ0) is 9.84. The maximum Gasteiger partial charge on any atom is 0.244 e. The molecule has 0 aliphatic carbocycles. The number of nitrogens with zero attached hydrogens (tertiary/aromatic N) is 2. The van der Waals surface area contributed by atoms with Crippen LogP contribution < -0.4 is 4.57 Å². The Morgan fingerprint density at radius 2 is 2.00 bits per heavy atom. The summed E-state index contributed by atoms with van der Waals surface area (Å²) in [6, 6.07) is 0. The zero-order valence-electron chi connectivity index (χ0n) is 8.45. The van der Waals surface area contributed by atoms with Gasteiger partial charge in [0.05, 0.1) is 0 Å². The third-order valence-electron chi connectivity index (χ3n) is 1.65. The predicted octanol–water partition coefficient (Wildman–Crippen LogP) is 1.93.